The molecule has 19 heavy (non-hydrogen) atoms. The number of oxazole rings is 1. The van der Waals surface area contributed by atoms with Crippen molar-refractivity contribution in [2.45, 2.75) is 20.3 Å². The van der Waals surface area contributed by atoms with Gasteiger partial charge in [-0.15, -0.1) is 0 Å². The molecule has 0 bridgehead atoms. The van der Waals surface area contributed by atoms with Crippen LogP contribution in [0.5, 0.6) is 0 Å². The topological polar surface area (TPSA) is 66.6 Å². The van der Waals surface area contributed by atoms with Gasteiger partial charge >= 0.3 is 5.97 Å². The minimum absolute atomic E-state index is 0.219. The van der Waals surface area contributed by atoms with Gasteiger partial charge < -0.3 is 14.4 Å². The number of rotatable bonds is 2. The highest BCUT2D eigenvalue weighted by Crippen LogP contribution is 2.33. The lowest BCUT2D eigenvalue weighted by Crippen LogP contribution is -2.22. The summed E-state index contributed by atoms with van der Waals surface area (Å²) >= 11 is 0. The molecule has 5 nitrogen and oxygen atoms in total. The van der Waals surface area contributed by atoms with Gasteiger partial charge in [0.2, 0.25) is 0 Å². The quantitative estimate of drug-likeness (QED) is 0.899. The SMILES string of the molecule is CC1(C)CCN(c2nc3ccc(C(=O)O)cc3o2)C1. The number of hydrogen-bond acceptors (Lipinski definition) is 4. The molecule has 0 unspecified atom stereocenters. The lowest BCUT2D eigenvalue weighted by Gasteiger charge is -2.17. The van der Waals surface area contributed by atoms with Gasteiger partial charge in [0.15, 0.2) is 5.58 Å². The molecule has 1 saturated heterocycles. The molecule has 0 spiro atoms. The smallest absolute Gasteiger partial charge is 0.335 e. The van der Waals surface area contributed by atoms with Gasteiger partial charge in [-0.05, 0) is 30.0 Å². The fraction of sp³-hybridized carbons (Fsp3) is 0.429. The fourth-order valence-electron chi connectivity index (χ4n) is 2.46. The van der Waals surface area contributed by atoms with Gasteiger partial charge in [-0.1, -0.05) is 13.8 Å². The van der Waals surface area contributed by atoms with Gasteiger partial charge in [0.25, 0.3) is 6.01 Å². The number of aromatic carboxylic acids is 1. The molecule has 1 N–H and O–H groups in total. The Morgan fingerprint density at radius 2 is 2.26 bits per heavy atom. The highest BCUT2D eigenvalue weighted by Gasteiger charge is 2.31. The van der Waals surface area contributed by atoms with E-state index in [4.69, 9.17) is 9.52 Å². The van der Waals surface area contributed by atoms with Crippen LogP contribution in [0.3, 0.4) is 0 Å². The van der Waals surface area contributed by atoms with Crippen LogP contribution in [0.15, 0.2) is 22.6 Å². The molecular formula is C14H16N2O3. The molecule has 2 aromatic rings. The van der Waals surface area contributed by atoms with Crippen LogP contribution in [0.4, 0.5) is 6.01 Å². The molecule has 1 aromatic heterocycles. The second kappa shape index (κ2) is 3.98. The maximum absolute atomic E-state index is 10.9. The molecular weight excluding hydrogens is 244 g/mol. The van der Waals surface area contributed by atoms with Crippen LogP contribution in [0.25, 0.3) is 11.1 Å². The zero-order valence-corrected chi connectivity index (χ0v) is 11.0. The van der Waals surface area contributed by atoms with Crippen LogP contribution >= 0.6 is 0 Å². The molecule has 0 atom stereocenters. The molecule has 1 fully saturated rings. The Hall–Kier alpha value is -2.04. The van der Waals surface area contributed by atoms with Gasteiger partial charge in [-0.3, -0.25) is 0 Å². The second-order valence-corrected chi connectivity index (χ2v) is 5.82. The monoisotopic (exact) mass is 260 g/mol. The number of benzene rings is 1. The first kappa shape index (κ1) is 12.0. The maximum Gasteiger partial charge on any atom is 0.335 e. The Kier molecular flexibility index (Phi) is 2.52. The van der Waals surface area contributed by atoms with E-state index in [1.54, 1.807) is 12.1 Å². The molecule has 0 amide bonds. The summed E-state index contributed by atoms with van der Waals surface area (Å²) in [5, 5.41) is 8.96. The molecule has 1 aliphatic heterocycles. The molecule has 3 rings (SSSR count). The summed E-state index contributed by atoms with van der Waals surface area (Å²) in [6.07, 6.45) is 1.10. The molecule has 5 heteroatoms. The lowest BCUT2D eigenvalue weighted by molar-refractivity contribution is 0.0697. The van der Waals surface area contributed by atoms with E-state index in [-0.39, 0.29) is 11.0 Å². The fourth-order valence-corrected chi connectivity index (χ4v) is 2.46. The third-order valence-corrected chi connectivity index (χ3v) is 3.57. The third kappa shape index (κ3) is 2.16. The number of carboxylic acids is 1. The van der Waals surface area contributed by atoms with E-state index < -0.39 is 5.97 Å². The van der Waals surface area contributed by atoms with E-state index >= 15 is 0 Å². The normalized spacial score (nSPS) is 18.1. The van der Waals surface area contributed by atoms with Crippen molar-refractivity contribution in [1.82, 2.24) is 4.98 Å². The summed E-state index contributed by atoms with van der Waals surface area (Å²) in [6.45, 7) is 6.27. The van der Waals surface area contributed by atoms with Crippen molar-refractivity contribution in [3.05, 3.63) is 23.8 Å². The van der Waals surface area contributed by atoms with Crippen molar-refractivity contribution in [2.75, 3.05) is 18.0 Å². The molecule has 0 radical (unpaired) electrons. The standard InChI is InChI=1S/C14H16N2O3/c1-14(2)5-6-16(8-14)13-15-10-4-3-9(12(17)18)7-11(10)19-13/h3-4,7H,5-6,8H2,1-2H3,(H,17,18). The van der Waals surface area contributed by atoms with Gasteiger partial charge in [-0.2, -0.15) is 4.98 Å². The second-order valence-electron chi connectivity index (χ2n) is 5.82. The van der Waals surface area contributed by atoms with Crippen LogP contribution in [-0.4, -0.2) is 29.1 Å². The average molecular weight is 260 g/mol. The predicted molar refractivity (Wildman–Crippen MR) is 71.6 cm³/mol. The third-order valence-electron chi connectivity index (χ3n) is 3.57. The number of hydrogen-bond donors (Lipinski definition) is 1. The molecule has 100 valence electrons. The molecule has 1 aromatic carbocycles. The summed E-state index contributed by atoms with van der Waals surface area (Å²) in [6, 6.07) is 5.34. The van der Waals surface area contributed by atoms with E-state index in [1.165, 1.54) is 6.07 Å². The van der Waals surface area contributed by atoms with E-state index in [2.05, 4.69) is 23.7 Å². The number of nitrogens with zero attached hydrogens (tertiary/aromatic N) is 2. The Labute approximate surface area is 110 Å². The van der Waals surface area contributed by atoms with Crippen LogP contribution in [0.2, 0.25) is 0 Å². The summed E-state index contributed by atoms with van der Waals surface area (Å²) in [4.78, 5) is 17.5. The maximum atomic E-state index is 10.9. The van der Waals surface area contributed by atoms with E-state index in [1.807, 2.05) is 0 Å². The van der Waals surface area contributed by atoms with Crippen molar-refractivity contribution in [1.29, 1.82) is 0 Å². The van der Waals surface area contributed by atoms with Crippen molar-refractivity contribution in [3.63, 3.8) is 0 Å². The summed E-state index contributed by atoms with van der Waals surface area (Å²) in [5.41, 5.74) is 1.72. The first-order valence-corrected chi connectivity index (χ1v) is 6.33. The lowest BCUT2D eigenvalue weighted by atomic mass is 9.93. The Balaban J connectivity index is 1.96. The van der Waals surface area contributed by atoms with Crippen LogP contribution in [0.1, 0.15) is 30.6 Å². The van der Waals surface area contributed by atoms with Gasteiger partial charge in [0.05, 0.1) is 5.56 Å². The van der Waals surface area contributed by atoms with Crippen LogP contribution < -0.4 is 4.90 Å². The minimum Gasteiger partial charge on any atom is -0.478 e. The first-order chi connectivity index (χ1) is 8.94. The van der Waals surface area contributed by atoms with Crippen molar-refractivity contribution >= 4 is 23.1 Å². The van der Waals surface area contributed by atoms with Gasteiger partial charge in [-0.25, -0.2) is 4.79 Å². The Morgan fingerprint density at radius 3 is 2.89 bits per heavy atom. The number of aromatic nitrogens is 1. The number of anilines is 1. The number of carboxylic acid groups (broad SMARTS) is 1. The minimum atomic E-state index is -0.956. The number of carbonyl (C=O) groups is 1. The van der Waals surface area contributed by atoms with Crippen molar-refractivity contribution in [2.24, 2.45) is 5.41 Å². The zero-order chi connectivity index (χ0) is 13.6. The van der Waals surface area contributed by atoms with Crippen LogP contribution in [-0.2, 0) is 0 Å². The summed E-state index contributed by atoms with van der Waals surface area (Å²) in [5.74, 6) is -0.956. The summed E-state index contributed by atoms with van der Waals surface area (Å²) in [7, 11) is 0. The highest BCUT2D eigenvalue weighted by molar-refractivity contribution is 5.92. The van der Waals surface area contributed by atoms with E-state index in [0.717, 1.165) is 19.5 Å². The Bertz CT molecular complexity index is 645. The zero-order valence-electron chi connectivity index (χ0n) is 11.0. The average Bonchev–Trinajstić information content (AvgIpc) is 2.90. The van der Waals surface area contributed by atoms with Crippen molar-refractivity contribution in [3.8, 4) is 0 Å². The first-order valence-electron chi connectivity index (χ1n) is 6.33. The molecule has 2 heterocycles. The van der Waals surface area contributed by atoms with E-state index in [0.29, 0.717) is 17.1 Å². The van der Waals surface area contributed by atoms with Crippen molar-refractivity contribution < 1.29 is 14.3 Å². The molecule has 0 saturated carbocycles. The van der Waals surface area contributed by atoms with Gasteiger partial charge in [0.1, 0.15) is 5.52 Å². The molecule has 1 aliphatic rings. The Morgan fingerprint density at radius 1 is 1.47 bits per heavy atom. The summed E-state index contributed by atoms with van der Waals surface area (Å²) < 4.78 is 5.69. The predicted octanol–water partition coefficient (Wildman–Crippen LogP) is 2.76. The molecule has 0 aliphatic carbocycles. The van der Waals surface area contributed by atoms with Crippen LogP contribution in [0, 0.1) is 5.41 Å². The largest absolute Gasteiger partial charge is 0.478 e. The number of fused-ring (bicyclic) bond motifs is 1. The highest BCUT2D eigenvalue weighted by atomic mass is 16.4. The van der Waals surface area contributed by atoms with Gasteiger partial charge in [0, 0.05) is 13.1 Å². The van der Waals surface area contributed by atoms with E-state index in [9.17, 15) is 4.79 Å².